The predicted octanol–water partition coefficient (Wildman–Crippen LogP) is 3.80. The number of rotatable bonds is 14. The van der Waals surface area contributed by atoms with Crippen molar-refractivity contribution in [2.24, 2.45) is 10.2 Å². The Balaban J connectivity index is 0.000000233. The summed E-state index contributed by atoms with van der Waals surface area (Å²) < 4.78 is 1.39. The molecule has 4 saturated heterocycles. The van der Waals surface area contributed by atoms with Crippen LogP contribution in [0.25, 0.3) is 0 Å². The Hall–Kier alpha value is -5.78. The number of halogens is 3. The van der Waals surface area contributed by atoms with E-state index < -0.39 is 24.8 Å². The van der Waals surface area contributed by atoms with Crippen molar-refractivity contribution in [3.8, 4) is 0 Å². The number of guanidine groups is 2. The standard InChI is InChI=1S/C8H9ClN4O2S.C7H8ClN5O2S.C7H13N3O2S.C6H8ClN5O2S.C5H8N2O2S/c9-8-11-3-6(16-8)4-12-2-1-10-7(12)5-13(14)15;8-6-10-3-5(16-6)4-12-2-1-9-7(12)11-13(14)15;1-13-5-4-9-3-2-8-7(9)6-10(11)12;1-8-6(11-12(13)14)10-3-4-2-9-5(7)15-4;8-7(9)4-5-6-2-1-3-10-5/h3,5,10H,1-2,4H2;3H,1-2,4H2,(H,9,11);6,8H,2-5H2,1H3;2H,3H2,1H3,(H2,8,10,11);4,6H,1-3H2/b7-5+;;;;. The molecular formula is C33H46Cl3N19O10S5. The summed E-state index contributed by atoms with van der Waals surface area (Å²) in [5, 5.41) is 73.5. The largest absolute Gasteiger partial charge is 0.375 e. The Kier molecular flexibility index (Phi) is 26.9. The second kappa shape index (κ2) is 32.2. The first-order valence-electron chi connectivity index (χ1n) is 20.0. The number of hydrogen-bond acceptors (Lipinski definition) is 23. The maximum absolute atomic E-state index is 10.4. The average molecular weight is 1140 g/mol. The molecular weight excluding hydrogens is 1090 g/mol. The topological polar surface area (TPSA) is 361 Å². The van der Waals surface area contributed by atoms with Crippen molar-refractivity contribution in [2.45, 2.75) is 26.1 Å². The summed E-state index contributed by atoms with van der Waals surface area (Å²) in [6, 6.07) is 0. The van der Waals surface area contributed by atoms with Gasteiger partial charge in [0.25, 0.3) is 30.5 Å². The van der Waals surface area contributed by atoms with Gasteiger partial charge in [-0.3, -0.25) is 30.3 Å². The third-order valence-electron chi connectivity index (χ3n) is 8.44. The molecule has 37 heteroatoms. The zero-order valence-electron chi connectivity index (χ0n) is 36.9. The van der Waals surface area contributed by atoms with Crippen LogP contribution in [0.5, 0.6) is 0 Å². The zero-order valence-corrected chi connectivity index (χ0v) is 43.3. The van der Waals surface area contributed by atoms with Crippen LogP contribution >= 0.6 is 92.3 Å². The number of hydrogen-bond donors (Lipinski definition) is 6. The molecule has 0 atom stereocenters. The van der Waals surface area contributed by atoms with E-state index in [-0.39, 0.29) is 11.9 Å². The zero-order chi connectivity index (χ0) is 51.4. The summed E-state index contributed by atoms with van der Waals surface area (Å²) in [4.78, 5) is 69.8. The van der Waals surface area contributed by atoms with E-state index in [1.807, 2.05) is 16.1 Å². The van der Waals surface area contributed by atoms with E-state index in [0.717, 1.165) is 83.9 Å². The van der Waals surface area contributed by atoms with E-state index in [1.54, 1.807) is 35.3 Å². The van der Waals surface area contributed by atoms with Crippen molar-refractivity contribution in [1.82, 2.24) is 61.6 Å². The van der Waals surface area contributed by atoms with Crippen molar-refractivity contribution < 1.29 is 24.8 Å². The average Bonchev–Trinajstić information content (AvgIpc) is 4.19. The highest BCUT2D eigenvalue weighted by atomic mass is 35.5. The predicted molar refractivity (Wildman–Crippen MR) is 271 cm³/mol. The molecule has 0 spiro atoms. The van der Waals surface area contributed by atoms with Crippen LogP contribution in [0.3, 0.4) is 0 Å². The first-order valence-corrected chi connectivity index (χ1v) is 26.0. The molecule has 70 heavy (non-hydrogen) atoms. The molecule has 7 rings (SSSR count). The fourth-order valence-corrected chi connectivity index (χ4v) is 9.76. The van der Waals surface area contributed by atoms with Crippen LogP contribution in [0.15, 0.2) is 64.1 Å². The normalized spacial score (nSPS) is 17.3. The highest BCUT2D eigenvalue weighted by Crippen LogP contribution is 2.23. The summed E-state index contributed by atoms with van der Waals surface area (Å²) in [7, 11) is 1.54. The number of nitro groups is 5. The highest BCUT2D eigenvalue weighted by Gasteiger charge is 2.23. The van der Waals surface area contributed by atoms with Crippen molar-refractivity contribution in [2.75, 3.05) is 77.2 Å². The Morgan fingerprint density at radius 1 is 0.729 bits per heavy atom. The summed E-state index contributed by atoms with van der Waals surface area (Å²) in [5.74, 6) is 3.52. The lowest BCUT2D eigenvalue weighted by Gasteiger charge is -2.15. The van der Waals surface area contributed by atoms with Crippen LogP contribution in [0.2, 0.25) is 13.4 Å². The maximum Gasteiger partial charge on any atom is 0.274 e. The highest BCUT2D eigenvalue weighted by molar-refractivity contribution is 8.03. The van der Waals surface area contributed by atoms with Gasteiger partial charge in [0.1, 0.15) is 15.2 Å². The smallest absolute Gasteiger partial charge is 0.274 e. The maximum atomic E-state index is 10.4. The van der Waals surface area contributed by atoms with Crippen LogP contribution in [-0.4, -0.2) is 144 Å². The fraction of sp³-hybridized carbons (Fsp3) is 0.485. The summed E-state index contributed by atoms with van der Waals surface area (Å²) in [5.41, 5.74) is 0. The molecule has 4 fully saturated rings. The molecule has 3 aromatic rings. The van der Waals surface area contributed by atoms with E-state index in [4.69, 9.17) is 34.8 Å². The monoisotopic (exact) mass is 1130 g/mol. The summed E-state index contributed by atoms with van der Waals surface area (Å²) in [6.07, 6.45) is 11.1. The van der Waals surface area contributed by atoms with Gasteiger partial charge in [-0.05, 0) is 12.7 Å². The third kappa shape index (κ3) is 24.2. The minimum absolute atomic E-state index is 0.0875. The molecule has 29 nitrogen and oxygen atoms in total. The molecule has 4 aliphatic rings. The molecule has 4 aliphatic heterocycles. The van der Waals surface area contributed by atoms with E-state index >= 15 is 0 Å². The Bertz CT molecular complexity index is 2270. The lowest BCUT2D eigenvalue weighted by molar-refractivity contribution is -0.485. The molecule has 0 aliphatic carbocycles. The first kappa shape index (κ1) is 58.5. The molecule has 7 heterocycles. The number of hydrazone groups is 2. The van der Waals surface area contributed by atoms with Crippen molar-refractivity contribution in [1.29, 1.82) is 0 Å². The number of thiazole rings is 3. The molecule has 0 radical (unpaired) electrons. The number of aromatic nitrogens is 3. The lowest BCUT2D eigenvalue weighted by atomic mass is 10.4. The number of thioether (sulfide) groups is 2. The third-order valence-corrected chi connectivity index (χ3v) is 13.4. The minimum Gasteiger partial charge on any atom is -0.375 e. The van der Waals surface area contributed by atoms with Gasteiger partial charge in [-0.15, -0.1) is 45.8 Å². The van der Waals surface area contributed by atoms with E-state index in [2.05, 4.69) is 57.1 Å². The van der Waals surface area contributed by atoms with Gasteiger partial charge in [-0.2, -0.15) is 11.8 Å². The molecule has 3 aromatic heterocycles. The van der Waals surface area contributed by atoms with E-state index in [9.17, 15) is 50.6 Å². The van der Waals surface area contributed by atoms with Crippen LogP contribution in [0, 0.1) is 50.6 Å². The Morgan fingerprint density at radius 2 is 1.24 bits per heavy atom. The van der Waals surface area contributed by atoms with Gasteiger partial charge in [0.05, 0.1) is 34.4 Å². The molecule has 0 amide bonds. The van der Waals surface area contributed by atoms with E-state index in [0.29, 0.717) is 69.3 Å². The lowest BCUT2D eigenvalue weighted by Crippen LogP contribution is -2.34. The quantitative estimate of drug-likeness (QED) is 0.0578. The van der Waals surface area contributed by atoms with Gasteiger partial charge in [0.2, 0.25) is 0 Å². The molecule has 0 bridgehead atoms. The van der Waals surface area contributed by atoms with Crippen molar-refractivity contribution in [3.05, 3.63) is 132 Å². The van der Waals surface area contributed by atoms with Gasteiger partial charge in [-0.25, -0.2) is 35.2 Å². The van der Waals surface area contributed by atoms with Crippen molar-refractivity contribution in [3.63, 3.8) is 0 Å². The van der Waals surface area contributed by atoms with E-state index in [1.165, 1.54) is 52.8 Å². The molecule has 0 aromatic carbocycles. The molecule has 0 saturated carbocycles. The van der Waals surface area contributed by atoms with Gasteiger partial charge in [-0.1, -0.05) is 34.8 Å². The first-order chi connectivity index (χ1) is 33.4. The van der Waals surface area contributed by atoms with Crippen molar-refractivity contribution >= 4 is 104 Å². The second-order valence-electron chi connectivity index (χ2n) is 13.3. The van der Waals surface area contributed by atoms with Gasteiger partial charge in [0.15, 0.2) is 35.1 Å². The van der Waals surface area contributed by atoms with Crippen LogP contribution in [0.1, 0.15) is 21.1 Å². The summed E-state index contributed by atoms with van der Waals surface area (Å²) >= 11 is 24.3. The van der Waals surface area contributed by atoms with Gasteiger partial charge < -0.3 is 46.6 Å². The summed E-state index contributed by atoms with van der Waals surface area (Å²) in [6.45, 7) is 7.69. The SMILES string of the molecule is CN/C(=N\[N+](=O)[O-])NCc1cnc(Cl)s1.CSCCN1CCNC1=C[N+](=O)[O-].O=[N+]([O-])/C=C1\NCCN1Cc1cnc(Cl)s1.O=[N+]([O-])/N=C1\NCCN1Cc1cnc(Cl)s1.O=[N+]([O-])C=C1NCCCS1. The molecule has 0 unspecified atom stereocenters. The minimum atomic E-state index is -0.779. The number of nitrogens with zero attached hydrogens (tertiary/aromatic N) is 13. The molecule has 384 valence electrons. The number of nitrogens with one attached hydrogen (secondary N) is 6. The van der Waals surface area contributed by atoms with Crippen LogP contribution in [-0.2, 0) is 19.6 Å². The van der Waals surface area contributed by atoms with Crippen LogP contribution in [0.4, 0.5) is 0 Å². The fourth-order valence-electron chi connectivity index (χ4n) is 5.58. The molecule has 6 N–H and O–H groups in total. The second-order valence-corrected chi connectivity index (χ2v) is 20.5. The van der Waals surface area contributed by atoms with Gasteiger partial charge >= 0.3 is 0 Å². The Morgan fingerprint density at radius 3 is 1.71 bits per heavy atom. The van der Waals surface area contributed by atoms with Gasteiger partial charge in [0, 0.05) is 104 Å². The van der Waals surface area contributed by atoms with Crippen LogP contribution < -0.4 is 31.9 Å². The Labute approximate surface area is 434 Å².